The van der Waals surface area contributed by atoms with Crippen LogP contribution in [0.5, 0.6) is 0 Å². The second-order valence-electron chi connectivity index (χ2n) is 4.70. The zero-order valence-electron chi connectivity index (χ0n) is 10.9. The fourth-order valence-corrected chi connectivity index (χ4v) is 2.18. The molecule has 0 bridgehead atoms. The number of aromatic nitrogens is 4. The molecule has 0 aliphatic carbocycles. The topological polar surface area (TPSA) is 55.6 Å². The predicted octanol–water partition coefficient (Wildman–Crippen LogP) is 2.43. The van der Waals surface area contributed by atoms with Crippen LogP contribution in [-0.4, -0.2) is 31.7 Å². The zero-order chi connectivity index (χ0) is 13.1. The molecule has 0 aromatic carbocycles. The summed E-state index contributed by atoms with van der Waals surface area (Å²) in [5.41, 5.74) is 0.834. The van der Waals surface area contributed by atoms with Crippen LogP contribution in [0.2, 0.25) is 0 Å². The summed E-state index contributed by atoms with van der Waals surface area (Å²) in [5, 5.41) is 8.59. The van der Waals surface area contributed by atoms with Gasteiger partial charge in [0.25, 0.3) is 0 Å². The highest BCUT2D eigenvalue weighted by atomic mass is 35.5. The summed E-state index contributed by atoms with van der Waals surface area (Å²) in [4.78, 5) is 8.53. The van der Waals surface area contributed by atoms with Crippen molar-refractivity contribution in [2.75, 3.05) is 11.2 Å². The minimum atomic E-state index is 0.306. The monoisotopic (exact) mass is 267 g/mol. The van der Waals surface area contributed by atoms with Crippen molar-refractivity contribution >= 4 is 28.5 Å². The molecule has 0 amide bonds. The van der Waals surface area contributed by atoms with Crippen molar-refractivity contribution in [1.82, 2.24) is 19.7 Å². The lowest BCUT2D eigenvalue weighted by molar-refractivity contribution is 0.512. The Bertz CT molecular complexity index is 522. The molecule has 2 aromatic rings. The Balaban J connectivity index is 2.30. The smallest absolute Gasteiger partial charge is 0.163 e. The predicted molar refractivity (Wildman–Crippen MR) is 73.9 cm³/mol. The van der Waals surface area contributed by atoms with Gasteiger partial charge in [0.15, 0.2) is 5.65 Å². The summed E-state index contributed by atoms with van der Waals surface area (Å²) >= 11 is 5.84. The maximum Gasteiger partial charge on any atom is 0.163 e. The van der Waals surface area contributed by atoms with E-state index in [0.29, 0.717) is 17.8 Å². The highest BCUT2D eigenvalue weighted by molar-refractivity contribution is 6.17. The van der Waals surface area contributed by atoms with Crippen molar-refractivity contribution in [1.29, 1.82) is 0 Å². The molecule has 0 fully saturated rings. The fraction of sp³-hybridized carbons (Fsp3) is 0.583. The normalized spacial score (nSPS) is 13.2. The van der Waals surface area contributed by atoms with Gasteiger partial charge in [-0.3, -0.25) is 4.68 Å². The number of halogens is 1. The van der Waals surface area contributed by atoms with Gasteiger partial charge in [-0.15, -0.1) is 11.6 Å². The van der Waals surface area contributed by atoms with Gasteiger partial charge in [0.1, 0.15) is 12.1 Å². The first-order valence-electron chi connectivity index (χ1n) is 6.08. The van der Waals surface area contributed by atoms with Gasteiger partial charge in [0.05, 0.1) is 11.6 Å². The zero-order valence-corrected chi connectivity index (χ0v) is 11.6. The Morgan fingerprint density at radius 2 is 2.17 bits per heavy atom. The number of fused-ring (bicyclic) bond motifs is 1. The van der Waals surface area contributed by atoms with E-state index >= 15 is 0 Å². The molecule has 0 spiro atoms. The van der Waals surface area contributed by atoms with Gasteiger partial charge in [0, 0.05) is 19.0 Å². The number of nitrogens with zero attached hydrogens (tertiary/aromatic N) is 4. The summed E-state index contributed by atoms with van der Waals surface area (Å²) in [6.07, 6.45) is 4.26. The SMILES string of the molecule is CC(C)C(CCCl)Nc1ncnc2c1cnn2C. The van der Waals surface area contributed by atoms with Crippen molar-refractivity contribution < 1.29 is 0 Å². The van der Waals surface area contributed by atoms with E-state index in [0.717, 1.165) is 23.3 Å². The van der Waals surface area contributed by atoms with Gasteiger partial charge in [-0.2, -0.15) is 5.10 Å². The number of rotatable bonds is 5. The van der Waals surface area contributed by atoms with E-state index < -0.39 is 0 Å². The van der Waals surface area contributed by atoms with Crippen LogP contribution in [0.3, 0.4) is 0 Å². The van der Waals surface area contributed by atoms with E-state index in [1.165, 1.54) is 0 Å². The van der Waals surface area contributed by atoms with Gasteiger partial charge in [-0.1, -0.05) is 13.8 Å². The molecule has 0 saturated carbocycles. The van der Waals surface area contributed by atoms with E-state index in [2.05, 4.69) is 34.2 Å². The maximum atomic E-state index is 5.84. The van der Waals surface area contributed by atoms with Crippen LogP contribution in [0.1, 0.15) is 20.3 Å². The van der Waals surface area contributed by atoms with E-state index in [4.69, 9.17) is 11.6 Å². The number of nitrogens with one attached hydrogen (secondary N) is 1. The molecule has 18 heavy (non-hydrogen) atoms. The van der Waals surface area contributed by atoms with Gasteiger partial charge in [-0.25, -0.2) is 9.97 Å². The second-order valence-corrected chi connectivity index (χ2v) is 5.08. The van der Waals surface area contributed by atoms with Gasteiger partial charge >= 0.3 is 0 Å². The Morgan fingerprint density at radius 1 is 1.39 bits per heavy atom. The third-order valence-corrected chi connectivity index (χ3v) is 3.29. The summed E-state index contributed by atoms with van der Waals surface area (Å²) < 4.78 is 1.74. The molecule has 1 N–H and O–H groups in total. The molecular formula is C12H18ClN5. The maximum absolute atomic E-state index is 5.84. The number of alkyl halides is 1. The van der Waals surface area contributed by atoms with Crippen LogP contribution in [-0.2, 0) is 7.05 Å². The highest BCUT2D eigenvalue weighted by Crippen LogP contribution is 2.21. The summed E-state index contributed by atoms with van der Waals surface area (Å²) in [6.45, 7) is 4.34. The first-order chi connectivity index (χ1) is 8.63. The molecule has 5 nitrogen and oxygen atoms in total. The lowest BCUT2D eigenvalue weighted by Gasteiger charge is -2.22. The molecule has 2 aromatic heterocycles. The van der Waals surface area contributed by atoms with Gasteiger partial charge < -0.3 is 5.32 Å². The molecule has 0 aliphatic heterocycles. The average Bonchev–Trinajstić information content (AvgIpc) is 2.72. The van der Waals surface area contributed by atoms with Crippen molar-refractivity contribution in [2.45, 2.75) is 26.3 Å². The number of hydrogen-bond donors (Lipinski definition) is 1. The molecular weight excluding hydrogens is 250 g/mol. The molecule has 0 radical (unpaired) electrons. The fourth-order valence-electron chi connectivity index (χ4n) is 1.94. The van der Waals surface area contributed by atoms with E-state index in [1.54, 1.807) is 17.2 Å². The average molecular weight is 268 g/mol. The molecule has 2 rings (SSSR count). The standard InChI is InChI=1S/C12H18ClN5/c1-8(2)10(4-5-13)17-11-9-6-16-18(3)12(9)15-7-14-11/h6-8,10H,4-5H2,1-3H3,(H,14,15,17). The largest absolute Gasteiger partial charge is 0.366 e. The Morgan fingerprint density at radius 3 is 2.83 bits per heavy atom. The number of hydrogen-bond acceptors (Lipinski definition) is 4. The van der Waals surface area contributed by atoms with E-state index in [9.17, 15) is 0 Å². The summed E-state index contributed by atoms with van der Waals surface area (Å²) in [7, 11) is 1.87. The van der Waals surface area contributed by atoms with Crippen molar-refractivity contribution in [2.24, 2.45) is 13.0 Å². The number of aryl methyl sites for hydroxylation is 1. The summed E-state index contributed by atoms with van der Waals surface area (Å²) in [6, 6.07) is 0.306. The molecule has 98 valence electrons. The van der Waals surface area contributed by atoms with Crippen LogP contribution in [0.4, 0.5) is 5.82 Å². The minimum absolute atomic E-state index is 0.306. The quantitative estimate of drug-likeness (QED) is 0.846. The Labute approximate surface area is 112 Å². The number of anilines is 1. The first-order valence-corrected chi connectivity index (χ1v) is 6.62. The lowest BCUT2D eigenvalue weighted by Crippen LogP contribution is -2.26. The van der Waals surface area contributed by atoms with Crippen molar-refractivity contribution in [3.63, 3.8) is 0 Å². The first kappa shape index (κ1) is 13.1. The van der Waals surface area contributed by atoms with Crippen LogP contribution in [0, 0.1) is 5.92 Å². The summed E-state index contributed by atoms with van der Waals surface area (Å²) in [5.74, 6) is 1.96. The molecule has 0 saturated heterocycles. The second kappa shape index (κ2) is 5.52. The van der Waals surface area contributed by atoms with Crippen LogP contribution in [0.15, 0.2) is 12.5 Å². The Hall–Kier alpha value is -1.36. The third kappa shape index (κ3) is 2.56. The molecule has 2 heterocycles. The van der Waals surface area contributed by atoms with Crippen LogP contribution < -0.4 is 5.32 Å². The van der Waals surface area contributed by atoms with Crippen molar-refractivity contribution in [3.05, 3.63) is 12.5 Å². The van der Waals surface area contributed by atoms with Gasteiger partial charge in [0.2, 0.25) is 0 Å². The third-order valence-electron chi connectivity index (χ3n) is 3.08. The highest BCUT2D eigenvalue weighted by Gasteiger charge is 2.15. The lowest BCUT2D eigenvalue weighted by atomic mass is 10.0. The van der Waals surface area contributed by atoms with E-state index in [1.807, 2.05) is 7.05 Å². The Kier molecular flexibility index (Phi) is 4.01. The molecule has 0 aliphatic rings. The minimum Gasteiger partial charge on any atom is -0.366 e. The molecule has 6 heteroatoms. The van der Waals surface area contributed by atoms with Crippen LogP contribution >= 0.6 is 11.6 Å². The van der Waals surface area contributed by atoms with Crippen LogP contribution in [0.25, 0.3) is 11.0 Å². The van der Waals surface area contributed by atoms with Gasteiger partial charge in [-0.05, 0) is 12.3 Å². The van der Waals surface area contributed by atoms with E-state index in [-0.39, 0.29) is 0 Å². The molecule has 1 unspecified atom stereocenters. The molecule has 1 atom stereocenters. The van der Waals surface area contributed by atoms with Crippen molar-refractivity contribution in [3.8, 4) is 0 Å².